The number of likely N-dealkylation sites (tertiary alicyclic amines) is 2. The van der Waals surface area contributed by atoms with Crippen molar-refractivity contribution in [1.82, 2.24) is 9.80 Å². The van der Waals surface area contributed by atoms with Crippen LogP contribution >= 0.6 is 0 Å². The monoisotopic (exact) mass is 408 g/mol. The van der Waals surface area contributed by atoms with E-state index in [-0.39, 0.29) is 24.8 Å². The Bertz CT molecular complexity index is 745. The maximum Gasteiger partial charge on any atom is 0.256 e. The van der Waals surface area contributed by atoms with Crippen LogP contribution in [-0.2, 0) is 20.8 Å². The lowest BCUT2D eigenvalue weighted by Gasteiger charge is -2.43. The molecule has 1 atom stereocenters. The van der Waals surface area contributed by atoms with E-state index < -0.39 is 11.4 Å². The second-order valence-electron chi connectivity index (χ2n) is 8.20. The van der Waals surface area contributed by atoms with E-state index in [0.29, 0.717) is 57.0 Å². The fourth-order valence-corrected chi connectivity index (χ4v) is 4.58. The van der Waals surface area contributed by atoms with Crippen LogP contribution in [0, 0.1) is 5.82 Å². The van der Waals surface area contributed by atoms with Crippen molar-refractivity contribution < 1.29 is 28.5 Å². The van der Waals surface area contributed by atoms with Gasteiger partial charge in [-0.15, -0.1) is 0 Å². The number of benzene rings is 1. The molecule has 4 rings (SSSR count). The highest BCUT2D eigenvalue weighted by Gasteiger charge is 2.46. The maximum absolute atomic E-state index is 14.2. The third-order valence-electron chi connectivity index (χ3n) is 6.23. The first-order chi connectivity index (χ1) is 13.9. The zero-order valence-corrected chi connectivity index (χ0v) is 16.9. The van der Waals surface area contributed by atoms with Crippen molar-refractivity contribution in [3.63, 3.8) is 0 Å². The van der Waals surface area contributed by atoms with Crippen molar-refractivity contribution in [3.05, 3.63) is 29.6 Å². The topological polar surface area (TPSA) is 71.5 Å². The predicted molar refractivity (Wildman–Crippen MR) is 103 cm³/mol. The number of β-amino-alcohol motifs (C(OH)–C–C–N with tert-alkyl or cyclic N) is 1. The lowest BCUT2D eigenvalue weighted by molar-refractivity contribution is -0.191. The molecule has 160 valence electrons. The van der Waals surface area contributed by atoms with Crippen molar-refractivity contribution in [1.29, 1.82) is 0 Å². The first kappa shape index (κ1) is 20.5. The smallest absolute Gasteiger partial charge is 0.256 e. The Morgan fingerprint density at radius 2 is 1.90 bits per heavy atom. The Kier molecular flexibility index (Phi) is 5.79. The highest BCUT2D eigenvalue weighted by molar-refractivity contribution is 5.86. The molecule has 0 aliphatic carbocycles. The number of hydrogen-bond acceptors (Lipinski definition) is 6. The summed E-state index contributed by atoms with van der Waals surface area (Å²) in [4.78, 5) is 16.7. The molecule has 1 aromatic rings. The molecule has 0 aromatic heterocycles. The number of carbonyl (C=O) groups is 1. The molecule has 3 saturated heterocycles. The highest BCUT2D eigenvalue weighted by Crippen LogP contribution is 2.33. The number of carbonyl (C=O) groups excluding carboxylic acids is 1. The number of halogens is 1. The molecule has 3 heterocycles. The third-order valence-corrected chi connectivity index (χ3v) is 6.23. The van der Waals surface area contributed by atoms with E-state index in [1.807, 2.05) is 0 Å². The number of methoxy groups -OCH3 is 1. The van der Waals surface area contributed by atoms with Crippen LogP contribution in [0.25, 0.3) is 0 Å². The molecule has 0 saturated carbocycles. The van der Waals surface area contributed by atoms with Gasteiger partial charge in [-0.3, -0.25) is 9.69 Å². The van der Waals surface area contributed by atoms with Crippen molar-refractivity contribution in [2.75, 3.05) is 46.5 Å². The Labute approximate surface area is 170 Å². The molecule has 29 heavy (non-hydrogen) atoms. The number of hydrogen-bond donors (Lipinski definition) is 1. The molecular formula is C21H29FN2O5. The lowest BCUT2D eigenvalue weighted by atomic mass is 9.89. The second-order valence-corrected chi connectivity index (χ2v) is 8.20. The van der Waals surface area contributed by atoms with E-state index in [1.54, 1.807) is 17.0 Å². The van der Waals surface area contributed by atoms with Crippen LogP contribution in [0.3, 0.4) is 0 Å². The Hall–Kier alpha value is -1.74. The Morgan fingerprint density at radius 3 is 2.59 bits per heavy atom. The van der Waals surface area contributed by atoms with Crippen molar-refractivity contribution in [3.8, 4) is 5.75 Å². The summed E-state index contributed by atoms with van der Waals surface area (Å²) in [6.45, 7) is 3.56. The molecule has 3 aliphatic rings. The van der Waals surface area contributed by atoms with Gasteiger partial charge in [-0.05, 0) is 31.0 Å². The fraction of sp³-hybridized carbons (Fsp3) is 0.667. The average molecular weight is 408 g/mol. The maximum atomic E-state index is 14.2. The van der Waals surface area contributed by atoms with Crippen LogP contribution in [0.4, 0.5) is 4.39 Å². The SMILES string of the molecule is COc1ccc(F)c(CN2CCC[C@](O)(CN3CCC4(CC3)OCCO4)C2=O)c1. The largest absolute Gasteiger partial charge is 0.497 e. The van der Waals surface area contributed by atoms with Crippen molar-refractivity contribution >= 4 is 5.91 Å². The molecule has 7 nitrogen and oxygen atoms in total. The van der Waals surface area contributed by atoms with E-state index in [0.717, 1.165) is 12.8 Å². The minimum Gasteiger partial charge on any atom is -0.497 e. The molecule has 0 unspecified atom stereocenters. The molecule has 0 radical (unpaired) electrons. The number of ether oxygens (including phenoxy) is 3. The summed E-state index contributed by atoms with van der Waals surface area (Å²) in [5.74, 6) is -0.657. The van der Waals surface area contributed by atoms with Crippen molar-refractivity contribution in [2.24, 2.45) is 0 Å². The number of rotatable bonds is 5. The number of amides is 1. The number of aliphatic hydroxyl groups is 1. The van der Waals surface area contributed by atoms with Gasteiger partial charge in [-0.2, -0.15) is 0 Å². The summed E-state index contributed by atoms with van der Waals surface area (Å²) in [5.41, 5.74) is -1.06. The van der Waals surface area contributed by atoms with E-state index in [4.69, 9.17) is 14.2 Å². The van der Waals surface area contributed by atoms with Gasteiger partial charge in [0.05, 0.1) is 20.3 Å². The van der Waals surface area contributed by atoms with Crippen LogP contribution in [-0.4, -0.2) is 78.7 Å². The van der Waals surface area contributed by atoms with Gasteiger partial charge >= 0.3 is 0 Å². The van der Waals surface area contributed by atoms with Crippen LogP contribution in [0.15, 0.2) is 18.2 Å². The van der Waals surface area contributed by atoms with Crippen LogP contribution in [0.5, 0.6) is 5.75 Å². The number of nitrogens with zero attached hydrogens (tertiary/aromatic N) is 2. The van der Waals surface area contributed by atoms with Crippen molar-refractivity contribution in [2.45, 2.75) is 43.6 Å². The Balaban J connectivity index is 1.40. The summed E-state index contributed by atoms with van der Waals surface area (Å²) in [5, 5.41) is 11.2. The summed E-state index contributed by atoms with van der Waals surface area (Å²) in [7, 11) is 1.52. The molecule has 3 aliphatic heterocycles. The van der Waals surface area contributed by atoms with Gasteiger partial charge in [0.1, 0.15) is 11.6 Å². The first-order valence-corrected chi connectivity index (χ1v) is 10.3. The highest BCUT2D eigenvalue weighted by atomic mass is 19.1. The molecule has 1 spiro atoms. The van der Waals surface area contributed by atoms with Gasteiger partial charge in [0.2, 0.25) is 0 Å². The van der Waals surface area contributed by atoms with E-state index >= 15 is 0 Å². The van der Waals surface area contributed by atoms with Crippen LogP contribution < -0.4 is 4.74 Å². The molecular weight excluding hydrogens is 379 g/mol. The van der Waals surface area contributed by atoms with Crippen LogP contribution in [0.2, 0.25) is 0 Å². The van der Waals surface area contributed by atoms with E-state index in [9.17, 15) is 14.3 Å². The van der Waals surface area contributed by atoms with Crippen LogP contribution in [0.1, 0.15) is 31.2 Å². The lowest BCUT2D eigenvalue weighted by Crippen LogP contribution is -2.59. The molecule has 1 aromatic carbocycles. The van der Waals surface area contributed by atoms with E-state index in [2.05, 4.69) is 4.90 Å². The van der Waals surface area contributed by atoms with E-state index in [1.165, 1.54) is 13.2 Å². The summed E-state index contributed by atoms with van der Waals surface area (Å²) >= 11 is 0. The summed E-state index contributed by atoms with van der Waals surface area (Å²) < 4.78 is 30.9. The minimum atomic E-state index is -1.45. The third kappa shape index (κ3) is 4.26. The summed E-state index contributed by atoms with van der Waals surface area (Å²) in [6, 6.07) is 4.49. The van der Waals surface area contributed by atoms with Gasteiger partial charge in [0.25, 0.3) is 5.91 Å². The van der Waals surface area contributed by atoms with Gasteiger partial charge < -0.3 is 24.2 Å². The molecule has 1 N–H and O–H groups in total. The van der Waals surface area contributed by atoms with Gasteiger partial charge in [-0.25, -0.2) is 4.39 Å². The first-order valence-electron chi connectivity index (χ1n) is 10.3. The normalized spacial score (nSPS) is 27.6. The quantitative estimate of drug-likeness (QED) is 0.797. The van der Waals surface area contributed by atoms with Gasteiger partial charge in [0.15, 0.2) is 11.4 Å². The molecule has 0 bridgehead atoms. The van der Waals surface area contributed by atoms with Gasteiger partial charge in [-0.1, -0.05) is 0 Å². The fourth-order valence-electron chi connectivity index (χ4n) is 4.58. The molecule has 3 fully saturated rings. The summed E-state index contributed by atoms with van der Waals surface area (Å²) in [6.07, 6.45) is 2.56. The Morgan fingerprint density at radius 1 is 1.17 bits per heavy atom. The standard InChI is InChI=1S/C21H29FN2O5/c1-27-17-3-4-18(22)16(13-17)14-24-8-2-5-20(26,19(24)25)15-23-9-6-21(7-10-23)28-11-12-29-21/h3-4,13,26H,2,5-12,14-15H2,1H3/t20-/m0/s1. The predicted octanol–water partition coefficient (Wildman–Crippen LogP) is 1.53. The second kappa shape index (κ2) is 8.18. The zero-order chi connectivity index (χ0) is 20.5. The zero-order valence-electron chi connectivity index (χ0n) is 16.9. The number of piperidine rings is 2. The molecule has 1 amide bonds. The van der Waals surface area contributed by atoms with Gasteiger partial charge in [0, 0.05) is 51.1 Å². The average Bonchev–Trinajstić information content (AvgIpc) is 3.17. The minimum absolute atomic E-state index is 0.120. The molecule has 8 heteroatoms.